The van der Waals surface area contributed by atoms with E-state index in [0.29, 0.717) is 5.89 Å². The number of nitrogens with one attached hydrogen (secondary N) is 1. The third-order valence-electron chi connectivity index (χ3n) is 3.77. The van der Waals surface area contributed by atoms with Crippen molar-refractivity contribution in [3.05, 3.63) is 47.2 Å². The number of urea groups is 1. The van der Waals surface area contributed by atoms with Gasteiger partial charge in [0.15, 0.2) is 0 Å². The van der Waals surface area contributed by atoms with Crippen molar-refractivity contribution in [3.63, 3.8) is 0 Å². The maximum atomic E-state index is 12.7. The topological polar surface area (TPSA) is 88.3 Å². The molecule has 7 heteroatoms. The minimum atomic E-state index is -1.08. The molecule has 7 nitrogen and oxygen atoms in total. The van der Waals surface area contributed by atoms with Crippen molar-refractivity contribution >= 4 is 11.9 Å². The molecule has 0 aliphatic carbocycles. The van der Waals surface area contributed by atoms with Crippen molar-refractivity contribution in [2.45, 2.75) is 32.9 Å². The number of hydrogen-bond donors (Lipinski definition) is 1. The molecule has 1 aromatic carbocycles. The molecule has 1 fully saturated rings. The lowest BCUT2D eigenvalue weighted by atomic mass is 9.91. The van der Waals surface area contributed by atoms with Crippen LogP contribution in [0.2, 0.25) is 0 Å². The molecule has 0 unspecified atom stereocenters. The number of aromatic nitrogens is 2. The minimum Gasteiger partial charge on any atom is -0.424 e. The van der Waals surface area contributed by atoms with E-state index in [0.717, 1.165) is 16.0 Å². The average Bonchev–Trinajstić information content (AvgIpc) is 2.97. The van der Waals surface area contributed by atoms with Gasteiger partial charge in [0.2, 0.25) is 11.8 Å². The molecule has 1 aliphatic rings. The van der Waals surface area contributed by atoms with E-state index in [1.54, 1.807) is 13.8 Å². The standard InChI is InChI=1S/C15H16N4O3/c1-9-4-6-11(7-5-9)15(3)13(20)19(14(21)16-15)8-12-18-17-10(2)22-12/h4-7H,8H2,1-3H3,(H,16,21)/t15-/m1/s1. The van der Waals surface area contributed by atoms with Crippen LogP contribution < -0.4 is 5.32 Å². The summed E-state index contributed by atoms with van der Waals surface area (Å²) in [6.45, 7) is 5.27. The van der Waals surface area contributed by atoms with E-state index >= 15 is 0 Å². The number of rotatable bonds is 3. The molecule has 0 bridgehead atoms. The van der Waals surface area contributed by atoms with Crippen LogP contribution >= 0.6 is 0 Å². The fourth-order valence-corrected chi connectivity index (χ4v) is 2.46. The van der Waals surface area contributed by atoms with Gasteiger partial charge in [-0.05, 0) is 19.4 Å². The zero-order valence-corrected chi connectivity index (χ0v) is 12.6. The van der Waals surface area contributed by atoms with Crippen molar-refractivity contribution < 1.29 is 14.0 Å². The molecule has 1 N–H and O–H groups in total. The summed E-state index contributed by atoms with van der Waals surface area (Å²) < 4.78 is 5.24. The Labute approximate surface area is 127 Å². The van der Waals surface area contributed by atoms with E-state index in [2.05, 4.69) is 15.5 Å². The first-order chi connectivity index (χ1) is 10.4. The van der Waals surface area contributed by atoms with E-state index in [-0.39, 0.29) is 18.3 Å². The maximum Gasteiger partial charge on any atom is 0.325 e. The van der Waals surface area contributed by atoms with Gasteiger partial charge < -0.3 is 9.73 Å². The predicted molar refractivity (Wildman–Crippen MR) is 76.6 cm³/mol. The van der Waals surface area contributed by atoms with Crippen LogP contribution in [0.3, 0.4) is 0 Å². The van der Waals surface area contributed by atoms with Crippen molar-refractivity contribution in [2.75, 3.05) is 0 Å². The third-order valence-corrected chi connectivity index (χ3v) is 3.77. The second kappa shape index (κ2) is 4.94. The summed E-state index contributed by atoms with van der Waals surface area (Å²) in [5.74, 6) is 0.287. The molecule has 0 saturated carbocycles. The molecule has 0 radical (unpaired) electrons. The second-order valence-electron chi connectivity index (χ2n) is 5.53. The van der Waals surface area contributed by atoms with Crippen molar-refractivity contribution in [3.8, 4) is 0 Å². The lowest BCUT2D eigenvalue weighted by Crippen LogP contribution is -2.40. The lowest BCUT2D eigenvalue weighted by molar-refractivity contribution is -0.131. The molecule has 22 heavy (non-hydrogen) atoms. The molecule has 3 amide bonds. The Morgan fingerprint density at radius 1 is 1.18 bits per heavy atom. The summed E-state index contributed by atoms with van der Waals surface area (Å²) in [7, 11) is 0. The average molecular weight is 300 g/mol. The zero-order chi connectivity index (χ0) is 15.9. The van der Waals surface area contributed by atoms with Crippen LogP contribution in [-0.4, -0.2) is 27.0 Å². The Morgan fingerprint density at radius 2 is 1.86 bits per heavy atom. The molecular weight excluding hydrogens is 284 g/mol. The van der Waals surface area contributed by atoms with E-state index < -0.39 is 11.6 Å². The Hall–Kier alpha value is -2.70. The van der Waals surface area contributed by atoms with E-state index in [1.165, 1.54) is 0 Å². The van der Waals surface area contributed by atoms with Crippen LogP contribution in [0, 0.1) is 13.8 Å². The van der Waals surface area contributed by atoms with Gasteiger partial charge in [-0.1, -0.05) is 29.8 Å². The van der Waals surface area contributed by atoms with Crippen LogP contribution in [0.4, 0.5) is 4.79 Å². The van der Waals surface area contributed by atoms with Crippen LogP contribution in [0.15, 0.2) is 28.7 Å². The first-order valence-corrected chi connectivity index (χ1v) is 6.90. The van der Waals surface area contributed by atoms with Gasteiger partial charge >= 0.3 is 6.03 Å². The number of nitrogens with zero attached hydrogens (tertiary/aromatic N) is 3. The van der Waals surface area contributed by atoms with E-state index in [4.69, 9.17) is 4.42 Å². The number of benzene rings is 1. The number of carbonyl (C=O) groups excluding carboxylic acids is 2. The molecule has 2 heterocycles. The highest BCUT2D eigenvalue weighted by Gasteiger charge is 2.49. The highest BCUT2D eigenvalue weighted by molar-refractivity contribution is 6.07. The summed E-state index contributed by atoms with van der Waals surface area (Å²) in [4.78, 5) is 25.9. The van der Waals surface area contributed by atoms with Gasteiger partial charge in [0.05, 0.1) is 0 Å². The molecule has 0 spiro atoms. The largest absolute Gasteiger partial charge is 0.424 e. The SMILES string of the molecule is Cc1ccc([C@@]2(C)NC(=O)N(Cc3nnc(C)o3)C2=O)cc1. The minimum absolute atomic E-state index is 0.0348. The fraction of sp³-hybridized carbons (Fsp3) is 0.333. The van der Waals surface area contributed by atoms with Gasteiger partial charge in [0.25, 0.3) is 5.91 Å². The van der Waals surface area contributed by atoms with Crippen LogP contribution in [0.25, 0.3) is 0 Å². The Balaban J connectivity index is 1.88. The summed E-state index contributed by atoms with van der Waals surface area (Å²) in [5, 5.41) is 10.3. The van der Waals surface area contributed by atoms with Gasteiger partial charge in [-0.25, -0.2) is 4.79 Å². The quantitative estimate of drug-likeness (QED) is 0.871. The highest BCUT2D eigenvalue weighted by Crippen LogP contribution is 2.29. The predicted octanol–water partition coefficient (Wildman–Crippen LogP) is 1.65. The molecule has 1 aromatic heterocycles. The highest BCUT2D eigenvalue weighted by atomic mass is 16.4. The first kappa shape index (κ1) is 14.2. The zero-order valence-electron chi connectivity index (χ0n) is 12.6. The smallest absolute Gasteiger partial charge is 0.325 e. The normalized spacial score (nSPS) is 21.3. The second-order valence-corrected chi connectivity index (χ2v) is 5.53. The molecular formula is C15H16N4O3. The summed E-state index contributed by atoms with van der Waals surface area (Å²) in [5.41, 5.74) is 0.739. The number of hydrogen-bond acceptors (Lipinski definition) is 5. The van der Waals surface area contributed by atoms with Crippen LogP contribution in [0.5, 0.6) is 0 Å². The maximum absolute atomic E-state index is 12.7. The van der Waals surface area contributed by atoms with Crippen molar-refractivity contribution in [2.24, 2.45) is 0 Å². The van der Waals surface area contributed by atoms with Crippen LogP contribution in [-0.2, 0) is 16.9 Å². The monoisotopic (exact) mass is 300 g/mol. The van der Waals surface area contributed by atoms with Crippen LogP contribution in [0.1, 0.15) is 29.8 Å². The Bertz CT molecular complexity index is 738. The number of carbonyl (C=O) groups is 2. The molecule has 1 saturated heterocycles. The third kappa shape index (κ3) is 2.24. The molecule has 1 atom stereocenters. The van der Waals surface area contributed by atoms with Gasteiger partial charge in [0.1, 0.15) is 12.1 Å². The summed E-state index contributed by atoms with van der Waals surface area (Å²) >= 11 is 0. The molecule has 2 aromatic rings. The summed E-state index contributed by atoms with van der Waals surface area (Å²) in [6, 6.07) is 7.03. The Kier molecular flexibility index (Phi) is 3.20. The molecule has 114 valence electrons. The van der Waals surface area contributed by atoms with Gasteiger partial charge in [-0.3, -0.25) is 9.69 Å². The van der Waals surface area contributed by atoms with Gasteiger partial charge in [-0.2, -0.15) is 0 Å². The first-order valence-electron chi connectivity index (χ1n) is 6.90. The number of amides is 3. The van der Waals surface area contributed by atoms with Gasteiger partial charge in [0, 0.05) is 6.92 Å². The lowest BCUT2D eigenvalue weighted by Gasteiger charge is -2.22. The molecule has 3 rings (SSSR count). The van der Waals surface area contributed by atoms with E-state index in [1.807, 2.05) is 31.2 Å². The van der Waals surface area contributed by atoms with Crippen molar-refractivity contribution in [1.29, 1.82) is 0 Å². The van der Waals surface area contributed by atoms with Crippen molar-refractivity contribution in [1.82, 2.24) is 20.4 Å². The fourth-order valence-electron chi connectivity index (χ4n) is 2.46. The number of imide groups is 1. The Morgan fingerprint density at radius 3 is 2.45 bits per heavy atom. The number of aryl methyl sites for hydroxylation is 2. The van der Waals surface area contributed by atoms with Gasteiger partial charge in [-0.15, -0.1) is 10.2 Å². The summed E-state index contributed by atoms with van der Waals surface area (Å²) in [6.07, 6.45) is 0. The molecule has 1 aliphatic heterocycles. The van der Waals surface area contributed by atoms with E-state index in [9.17, 15) is 9.59 Å².